The molecule has 2 aromatic heterocycles. The van der Waals surface area contributed by atoms with Crippen LogP contribution in [-0.2, 0) is 13.5 Å². The summed E-state index contributed by atoms with van der Waals surface area (Å²) in [6.07, 6.45) is 3.95. The Labute approximate surface area is 124 Å². The summed E-state index contributed by atoms with van der Waals surface area (Å²) in [5.41, 5.74) is 1.76. The fourth-order valence-electron chi connectivity index (χ4n) is 1.69. The van der Waals surface area contributed by atoms with E-state index in [-0.39, 0.29) is 11.1 Å². The lowest BCUT2D eigenvalue weighted by Gasteiger charge is -2.06. The molecular formula is C12H12BrClN4O. The van der Waals surface area contributed by atoms with Crippen molar-refractivity contribution in [1.82, 2.24) is 14.8 Å². The van der Waals surface area contributed by atoms with Gasteiger partial charge in [-0.05, 0) is 28.4 Å². The van der Waals surface area contributed by atoms with Gasteiger partial charge >= 0.3 is 0 Å². The van der Waals surface area contributed by atoms with Crippen LogP contribution in [0.15, 0.2) is 22.9 Å². The summed E-state index contributed by atoms with van der Waals surface area (Å²) < 4.78 is 2.36. The summed E-state index contributed by atoms with van der Waals surface area (Å²) in [7, 11) is 1.78. The Balaban J connectivity index is 2.27. The molecule has 0 saturated carbocycles. The van der Waals surface area contributed by atoms with Crippen molar-refractivity contribution in [2.75, 3.05) is 5.32 Å². The maximum absolute atomic E-state index is 12.2. The van der Waals surface area contributed by atoms with Gasteiger partial charge in [-0.1, -0.05) is 18.5 Å². The van der Waals surface area contributed by atoms with Gasteiger partial charge in [0.15, 0.2) is 5.15 Å². The quantitative estimate of drug-likeness (QED) is 0.871. The van der Waals surface area contributed by atoms with E-state index in [4.69, 9.17) is 11.6 Å². The first kappa shape index (κ1) is 14.0. The van der Waals surface area contributed by atoms with E-state index in [0.29, 0.717) is 17.7 Å². The third-order valence-corrected chi connectivity index (χ3v) is 3.27. The second-order valence-electron chi connectivity index (χ2n) is 3.96. The summed E-state index contributed by atoms with van der Waals surface area (Å²) in [4.78, 5) is 16.2. The fraction of sp³-hybridized carbons (Fsp3) is 0.250. The predicted octanol–water partition coefficient (Wildman–Crippen LogP) is 3.05. The van der Waals surface area contributed by atoms with E-state index in [2.05, 4.69) is 31.3 Å². The Kier molecular flexibility index (Phi) is 4.21. The van der Waals surface area contributed by atoms with Gasteiger partial charge in [-0.15, -0.1) is 0 Å². The lowest BCUT2D eigenvalue weighted by molar-refractivity contribution is 0.102. The molecule has 0 fully saturated rings. The molecule has 19 heavy (non-hydrogen) atoms. The molecular weight excluding hydrogens is 332 g/mol. The van der Waals surface area contributed by atoms with Crippen molar-refractivity contribution >= 4 is 39.1 Å². The SMILES string of the molecule is CCc1nn(C)cc1C(=O)Nc1cc(Br)cnc1Cl. The largest absolute Gasteiger partial charge is 0.319 e. The van der Waals surface area contributed by atoms with Gasteiger partial charge in [-0.2, -0.15) is 5.10 Å². The first-order valence-corrected chi connectivity index (χ1v) is 6.83. The number of hydrogen-bond donors (Lipinski definition) is 1. The Morgan fingerprint density at radius 2 is 2.32 bits per heavy atom. The van der Waals surface area contributed by atoms with Gasteiger partial charge in [0, 0.05) is 23.9 Å². The van der Waals surface area contributed by atoms with Crippen molar-refractivity contribution in [1.29, 1.82) is 0 Å². The number of rotatable bonds is 3. The topological polar surface area (TPSA) is 59.8 Å². The molecule has 5 nitrogen and oxygen atoms in total. The normalized spacial score (nSPS) is 10.5. The van der Waals surface area contributed by atoms with Crippen LogP contribution in [-0.4, -0.2) is 20.7 Å². The molecule has 0 aliphatic rings. The van der Waals surface area contributed by atoms with E-state index in [1.54, 1.807) is 30.2 Å². The second-order valence-corrected chi connectivity index (χ2v) is 5.24. The number of aromatic nitrogens is 3. The van der Waals surface area contributed by atoms with Crippen molar-refractivity contribution in [3.63, 3.8) is 0 Å². The second kappa shape index (κ2) is 5.71. The van der Waals surface area contributed by atoms with E-state index in [1.807, 2.05) is 6.92 Å². The minimum Gasteiger partial charge on any atom is -0.319 e. The molecule has 0 unspecified atom stereocenters. The molecule has 2 heterocycles. The number of carbonyl (C=O) groups is 1. The molecule has 2 aromatic rings. The molecule has 0 bridgehead atoms. The number of anilines is 1. The van der Waals surface area contributed by atoms with Crippen molar-refractivity contribution in [2.45, 2.75) is 13.3 Å². The molecule has 7 heteroatoms. The Morgan fingerprint density at radius 1 is 1.58 bits per heavy atom. The van der Waals surface area contributed by atoms with Crippen LogP contribution >= 0.6 is 27.5 Å². The van der Waals surface area contributed by atoms with E-state index in [0.717, 1.165) is 10.2 Å². The fourth-order valence-corrected chi connectivity index (χ4v) is 2.17. The first-order valence-electron chi connectivity index (χ1n) is 5.66. The van der Waals surface area contributed by atoms with Crippen molar-refractivity contribution < 1.29 is 4.79 Å². The number of aryl methyl sites for hydroxylation is 2. The van der Waals surface area contributed by atoms with Crippen molar-refractivity contribution in [3.05, 3.63) is 39.3 Å². The van der Waals surface area contributed by atoms with Gasteiger partial charge in [0.25, 0.3) is 5.91 Å². The minimum atomic E-state index is -0.244. The van der Waals surface area contributed by atoms with E-state index in [9.17, 15) is 4.79 Å². The third-order valence-electron chi connectivity index (χ3n) is 2.54. The highest BCUT2D eigenvalue weighted by molar-refractivity contribution is 9.10. The molecule has 0 spiro atoms. The monoisotopic (exact) mass is 342 g/mol. The summed E-state index contributed by atoms with van der Waals surface area (Å²) >= 11 is 9.22. The minimum absolute atomic E-state index is 0.244. The lowest BCUT2D eigenvalue weighted by Crippen LogP contribution is -2.13. The molecule has 0 atom stereocenters. The molecule has 0 aromatic carbocycles. The highest BCUT2D eigenvalue weighted by Gasteiger charge is 2.16. The van der Waals surface area contributed by atoms with Crippen LogP contribution in [0.4, 0.5) is 5.69 Å². The van der Waals surface area contributed by atoms with Gasteiger partial charge in [0.2, 0.25) is 0 Å². The standard InChI is InChI=1S/C12H12BrClN4O/c1-3-9-8(6-18(2)17-9)12(19)16-10-4-7(13)5-15-11(10)14/h4-6H,3H2,1-2H3,(H,16,19). The molecule has 1 amide bonds. The highest BCUT2D eigenvalue weighted by Crippen LogP contribution is 2.23. The van der Waals surface area contributed by atoms with Gasteiger partial charge < -0.3 is 5.32 Å². The maximum atomic E-state index is 12.2. The summed E-state index contributed by atoms with van der Waals surface area (Å²) in [6.45, 7) is 1.95. The molecule has 0 radical (unpaired) electrons. The van der Waals surface area contributed by atoms with Crippen LogP contribution < -0.4 is 5.32 Å². The summed E-state index contributed by atoms with van der Waals surface area (Å²) in [5.74, 6) is -0.244. The van der Waals surface area contributed by atoms with Crippen LogP contribution in [0.5, 0.6) is 0 Å². The third kappa shape index (κ3) is 3.13. The van der Waals surface area contributed by atoms with E-state index >= 15 is 0 Å². The van der Waals surface area contributed by atoms with Crippen LogP contribution in [0.2, 0.25) is 5.15 Å². The average Bonchev–Trinajstić information content (AvgIpc) is 2.75. The number of halogens is 2. The Hall–Kier alpha value is -1.40. The Morgan fingerprint density at radius 3 is 3.00 bits per heavy atom. The van der Waals surface area contributed by atoms with Crippen LogP contribution in [0, 0.1) is 0 Å². The number of nitrogens with zero attached hydrogens (tertiary/aromatic N) is 3. The molecule has 0 aliphatic carbocycles. The number of hydrogen-bond acceptors (Lipinski definition) is 3. The lowest BCUT2D eigenvalue weighted by atomic mass is 10.2. The molecule has 0 saturated heterocycles. The van der Waals surface area contributed by atoms with Gasteiger partial charge in [-0.3, -0.25) is 9.48 Å². The number of nitrogens with one attached hydrogen (secondary N) is 1. The zero-order valence-electron chi connectivity index (χ0n) is 10.4. The van der Waals surface area contributed by atoms with Crippen molar-refractivity contribution in [3.8, 4) is 0 Å². The zero-order valence-corrected chi connectivity index (χ0v) is 12.8. The number of pyridine rings is 1. The molecule has 0 aliphatic heterocycles. The molecule has 1 N–H and O–H groups in total. The van der Waals surface area contributed by atoms with Gasteiger partial charge in [0.1, 0.15) is 0 Å². The molecule has 100 valence electrons. The van der Waals surface area contributed by atoms with Crippen LogP contribution in [0.25, 0.3) is 0 Å². The Bertz CT molecular complexity index is 626. The molecule has 2 rings (SSSR count). The summed E-state index contributed by atoms with van der Waals surface area (Å²) in [6, 6.07) is 1.70. The predicted molar refractivity (Wildman–Crippen MR) is 77.5 cm³/mol. The average molecular weight is 344 g/mol. The zero-order chi connectivity index (χ0) is 14.0. The smallest absolute Gasteiger partial charge is 0.259 e. The van der Waals surface area contributed by atoms with Crippen LogP contribution in [0.3, 0.4) is 0 Å². The van der Waals surface area contributed by atoms with Crippen LogP contribution in [0.1, 0.15) is 23.0 Å². The maximum Gasteiger partial charge on any atom is 0.259 e. The first-order chi connectivity index (χ1) is 9.01. The van der Waals surface area contributed by atoms with Gasteiger partial charge in [-0.25, -0.2) is 4.98 Å². The van der Waals surface area contributed by atoms with Gasteiger partial charge in [0.05, 0.1) is 16.9 Å². The number of amides is 1. The van der Waals surface area contributed by atoms with E-state index < -0.39 is 0 Å². The van der Waals surface area contributed by atoms with E-state index in [1.165, 1.54) is 0 Å². The highest BCUT2D eigenvalue weighted by atomic mass is 79.9. The van der Waals surface area contributed by atoms with Crippen molar-refractivity contribution in [2.24, 2.45) is 7.05 Å². The number of carbonyl (C=O) groups excluding carboxylic acids is 1. The summed E-state index contributed by atoms with van der Waals surface area (Å²) in [5, 5.41) is 7.22.